The van der Waals surface area contributed by atoms with E-state index in [-0.39, 0.29) is 5.88 Å². The number of hydrogen-bond donors (Lipinski definition) is 0. The number of nitrogens with zero attached hydrogens (tertiary/aromatic N) is 1. The third kappa shape index (κ3) is 1.51. The van der Waals surface area contributed by atoms with Gasteiger partial charge in [0.25, 0.3) is 0 Å². The van der Waals surface area contributed by atoms with Crippen molar-refractivity contribution in [1.82, 2.24) is 4.98 Å². The molecule has 0 N–H and O–H groups in total. The first-order chi connectivity index (χ1) is 6.20. The van der Waals surface area contributed by atoms with Gasteiger partial charge in [0.05, 0.1) is 16.1 Å². The van der Waals surface area contributed by atoms with Crippen LogP contribution >= 0.6 is 22.9 Å². The summed E-state index contributed by atoms with van der Waals surface area (Å²) >= 11 is 6.67. The van der Waals surface area contributed by atoms with E-state index in [2.05, 4.69) is 4.98 Å². The molecule has 2 aromatic rings. The number of benzene rings is 1. The van der Waals surface area contributed by atoms with E-state index in [0.29, 0.717) is 15.2 Å². The molecule has 68 valence electrons. The van der Waals surface area contributed by atoms with Crippen molar-refractivity contribution in [3.8, 4) is 0 Å². The predicted octanol–water partition coefficient (Wildman–Crippen LogP) is 3.31. The van der Waals surface area contributed by atoms with Crippen molar-refractivity contribution >= 4 is 33.2 Å². The molecular formula is C8H4ClF2NS. The molecule has 0 aliphatic carbocycles. The first-order valence-corrected chi connectivity index (χ1v) is 4.86. The summed E-state index contributed by atoms with van der Waals surface area (Å²) in [6, 6.07) is 2.05. The molecule has 0 saturated heterocycles. The van der Waals surface area contributed by atoms with Crippen molar-refractivity contribution < 1.29 is 8.78 Å². The molecule has 0 saturated carbocycles. The number of thiazole rings is 1. The summed E-state index contributed by atoms with van der Waals surface area (Å²) in [6.45, 7) is 0. The maximum Gasteiger partial charge on any atom is 0.145 e. The molecule has 0 amide bonds. The van der Waals surface area contributed by atoms with Crippen LogP contribution in [0.25, 0.3) is 10.2 Å². The predicted molar refractivity (Wildman–Crippen MR) is 49.1 cm³/mol. The van der Waals surface area contributed by atoms with E-state index in [4.69, 9.17) is 11.6 Å². The summed E-state index contributed by atoms with van der Waals surface area (Å²) in [5, 5.41) is 0.598. The summed E-state index contributed by atoms with van der Waals surface area (Å²) < 4.78 is 26.1. The van der Waals surface area contributed by atoms with Gasteiger partial charge in [0.15, 0.2) is 0 Å². The highest BCUT2D eigenvalue weighted by molar-refractivity contribution is 7.18. The van der Waals surface area contributed by atoms with Crippen LogP contribution in [-0.2, 0) is 5.88 Å². The van der Waals surface area contributed by atoms with E-state index in [9.17, 15) is 8.78 Å². The van der Waals surface area contributed by atoms with Crippen LogP contribution in [0.5, 0.6) is 0 Å². The highest BCUT2D eigenvalue weighted by Gasteiger charge is 2.09. The SMILES string of the molecule is Fc1cc(F)c2sc(CCl)nc2c1. The Bertz CT molecular complexity index is 455. The monoisotopic (exact) mass is 219 g/mol. The largest absolute Gasteiger partial charge is 0.240 e. The topological polar surface area (TPSA) is 12.9 Å². The average Bonchev–Trinajstić information content (AvgIpc) is 2.47. The minimum Gasteiger partial charge on any atom is -0.240 e. The van der Waals surface area contributed by atoms with Gasteiger partial charge in [-0.25, -0.2) is 13.8 Å². The Kier molecular flexibility index (Phi) is 2.17. The quantitative estimate of drug-likeness (QED) is 0.671. The molecular weight excluding hydrogens is 216 g/mol. The zero-order valence-electron chi connectivity index (χ0n) is 6.35. The minimum absolute atomic E-state index is 0.223. The van der Waals surface area contributed by atoms with E-state index < -0.39 is 11.6 Å². The molecule has 2 rings (SSSR count). The maximum absolute atomic E-state index is 13.1. The Labute approximate surface area is 82.0 Å². The molecule has 0 aliphatic heterocycles. The van der Waals surface area contributed by atoms with E-state index in [1.165, 1.54) is 6.07 Å². The fourth-order valence-corrected chi connectivity index (χ4v) is 2.09. The van der Waals surface area contributed by atoms with Crippen molar-refractivity contribution in [1.29, 1.82) is 0 Å². The smallest absolute Gasteiger partial charge is 0.145 e. The maximum atomic E-state index is 13.1. The Hall–Kier alpha value is -0.740. The lowest BCUT2D eigenvalue weighted by molar-refractivity contribution is 0.593. The fourth-order valence-electron chi connectivity index (χ4n) is 1.06. The van der Waals surface area contributed by atoms with Crippen molar-refractivity contribution in [2.75, 3.05) is 0 Å². The fraction of sp³-hybridized carbons (Fsp3) is 0.125. The number of halogens is 3. The highest BCUT2D eigenvalue weighted by atomic mass is 35.5. The molecule has 1 aromatic carbocycles. The Morgan fingerprint density at radius 2 is 2.15 bits per heavy atom. The molecule has 0 unspecified atom stereocenters. The Morgan fingerprint density at radius 1 is 1.38 bits per heavy atom. The molecule has 0 spiro atoms. The molecule has 0 fully saturated rings. The summed E-state index contributed by atoms with van der Waals surface area (Å²) in [6.07, 6.45) is 0. The molecule has 5 heteroatoms. The van der Waals surface area contributed by atoms with E-state index >= 15 is 0 Å². The molecule has 1 aromatic heterocycles. The summed E-state index contributed by atoms with van der Waals surface area (Å²) in [7, 11) is 0. The van der Waals surface area contributed by atoms with Crippen LogP contribution in [0.3, 0.4) is 0 Å². The van der Waals surface area contributed by atoms with Gasteiger partial charge in [0, 0.05) is 12.1 Å². The molecule has 0 bridgehead atoms. The molecule has 0 atom stereocenters. The second-order valence-electron chi connectivity index (χ2n) is 2.48. The van der Waals surface area contributed by atoms with Crippen LogP contribution in [0.1, 0.15) is 5.01 Å². The van der Waals surface area contributed by atoms with Gasteiger partial charge in [0.1, 0.15) is 16.6 Å². The van der Waals surface area contributed by atoms with Crippen LogP contribution in [-0.4, -0.2) is 4.98 Å². The number of aromatic nitrogens is 1. The lowest BCUT2D eigenvalue weighted by atomic mass is 10.3. The van der Waals surface area contributed by atoms with E-state index in [1.807, 2.05) is 0 Å². The summed E-state index contributed by atoms with van der Waals surface area (Å²) in [5.74, 6) is -0.972. The van der Waals surface area contributed by atoms with Gasteiger partial charge < -0.3 is 0 Å². The van der Waals surface area contributed by atoms with Gasteiger partial charge in [-0.1, -0.05) is 0 Å². The second kappa shape index (κ2) is 3.20. The highest BCUT2D eigenvalue weighted by Crippen LogP contribution is 2.26. The van der Waals surface area contributed by atoms with E-state index in [0.717, 1.165) is 17.4 Å². The van der Waals surface area contributed by atoms with Crippen LogP contribution in [0.15, 0.2) is 12.1 Å². The molecule has 0 aliphatic rings. The first kappa shape index (κ1) is 8.84. The van der Waals surface area contributed by atoms with E-state index in [1.54, 1.807) is 0 Å². The molecule has 1 heterocycles. The number of alkyl halides is 1. The van der Waals surface area contributed by atoms with Gasteiger partial charge in [-0.15, -0.1) is 22.9 Å². The van der Waals surface area contributed by atoms with Crippen LogP contribution in [0.2, 0.25) is 0 Å². The summed E-state index contributed by atoms with van der Waals surface area (Å²) in [4.78, 5) is 3.96. The van der Waals surface area contributed by atoms with Crippen molar-refractivity contribution in [3.05, 3.63) is 28.8 Å². The van der Waals surface area contributed by atoms with Crippen molar-refractivity contribution in [2.24, 2.45) is 0 Å². The summed E-state index contributed by atoms with van der Waals surface area (Å²) in [5.41, 5.74) is 0.332. The normalized spacial score (nSPS) is 11.0. The van der Waals surface area contributed by atoms with Gasteiger partial charge >= 0.3 is 0 Å². The second-order valence-corrected chi connectivity index (χ2v) is 3.83. The lowest BCUT2D eigenvalue weighted by Crippen LogP contribution is -1.79. The van der Waals surface area contributed by atoms with Crippen molar-refractivity contribution in [2.45, 2.75) is 5.88 Å². The minimum atomic E-state index is -0.614. The van der Waals surface area contributed by atoms with Crippen molar-refractivity contribution in [3.63, 3.8) is 0 Å². The van der Waals surface area contributed by atoms with Gasteiger partial charge in [-0.2, -0.15) is 0 Å². The Morgan fingerprint density at radius 3 is 2.85 bits per heavy atom. The van der Waals surface area contributed by atoms with Crippen LogP contribution < -0.4 is 0 Å². The third-order valence-electron chi connectivity index (χ3n) is 1.57. The van der Waals surface area contributed by atoms with Crippen LogP contribution in [0.4, 0.5) is 8.78 Å². The van der Waals surface area contributed by atoms with Crippen LogP contribution in [0, 0.1) is 11.6 Å². The molecule has 0 radical (unpaired) electrons. The average molecular weight is 220 g/mol. The lowest BCUT2D eigenvalue weighted by Gasteiger charge is -1.90. The van der Waals surface area contributed by atoms with Gasteiger partial charge in [0.2, 0.25) is 0 Å². The number of hydrogen-bond acceptors (Lipinski definition) is 2. The zero-order chi connectivity index (χ0) is 9.42. The third-order valence-corrected chi connectivity index (χ3v) is 3.06. The molecule has 1 nitrogen and oxygen atoms in total. The number of rotatable bonds is 1. The first-order valence-electron chi connectivity index (χ1n) is 3.51. The molecule has 13 heavy (non-hydrogen) atoms. The van der Waals surface area contributed by atoms with Gasteiger partial charge in [-0.05, 0) is 0 Å². The number of fused-ring (bicyclic) bond motifs is 1. The Balaban J connectivity index is 2.75. The zero-order valence-corrected chi connectivity index (χ0v) is 7.92. The standard InChI is InChI=1S/C8H4ClF2NS/c9-3-7-12-6-2-4(10)1-5(11)8(6)13-7/h1-2H,3H2. The van der Waals surface area contributed by atoms with Gasteiger partial charge in [-0.3, -0.25) is 0 Å².